The molecule has 0 aromatic heterocycles. The molecule has 0 bridgehead atoms. The lowest BCUT2D eigenvalue weighted by Gasteiger charge is -2.38. The van der Waals surface area contributed by atoms with Crippen molar-refractivity contribution in [2.45, 2.75) is 103 Å². The average molecular weight is 427 g/mol. The summed E-state index contributed by atoms with van der Waals surface area (Å²) in [7, 11) is 0. The fourth-order valence-electron chi connectivity index (χ4n) is 6.39. The van der Waals surface area contributed by atoms with Crippen LogP contribution in [0.25, 0.3) is 10.8 Å². The fourth-order valence-corrected chi connectivity index (χ4v) is 6.39. The predicted octanol–water partition coefficient (Wildman–Crippen LogP) is 9.34. The molecule has 0 heterocycles. The van der Waals surface area contributed by atoms with Gasteiger partial charge >= 0.3 is 0 Å². The Bertz CT molecular complexity index is 855. The summed E-state index contributed by atoms with van der Waals surface area (Å²) in [4.78, 5) is 0. The number of benzene rings is 2. The van der Waals surface area contributed by atoms with Crippen molar-refractivity contribution < 1.29 is 8.78 Å². The molecular formula is C29H40F2. The summed E-state index contributed by atoms with van der Waals surface area (Å²) >= 11 is 0. The number of aryl methyl sites for hydroxylation is 1. The van der Waals surface area contributed by atoms with E-state index in [-0.39, 0.29) is 0 Å². The molecule has 2 fully saturated rings. The van der Waals surface area contributed by atoms with Crippen molar-refractivity contribution in [2.75, 3.05) is 0 Å². The van der Waals surface area contributed by atoms with E-state index in [1.807, 2.05) is 18.2 Å². The topological polar surface area (TPSA) is 0 Å². The van der Waals surface area contributed by atoms with Gasteiger partial charge in [0, 0.05) is 5.39 Å². The van der Waals surface area contributed by atoms with Gasteiger partial charge in [0.05, 0.1) is 0 Å². The molecule has 2 aliphatic rings. The molecule has 0 radical (unpaired) electrons. The van der Waals surface area contributed by atoms with Gasteiger partial charge in [-0.15, -0.1) is 0 Å². The molecule has 0 atom stereocenters. The molecule has 0 aliphatic heterocycles. The van der Waals surface area contributed by atoms with Gasteiger partial charge in [-0.1, -0.05) is 58.1 Å². The zero-order valence-corrected chi connectivity index (χ0v) is 19.6. The summed E-state index contributed by atoms with van der Waals surface area (Å²) in [6.07, 6.45) is 15.7. The van der Waals surface area contributed by atoms with E-state index in [9.17, 15) is 8.78 Å². The van der Waals surface area contributed by atoms with Crippen LogP contribution < -0.4 is 0 Å². The lowest BCUT2D eigenvalue weighted by molar-refractivity contribution is 0.158. The summed E-state index contributed by atoms with van der Waals surface area (Å²) in [5.41, 5.74) is 1.74. The number of hydrogen-bond acceptors (Lipinski definition) is 0. The highest BCUT2D eigenvalue weighted by molar-refractivity contribution is 5.85. The van der Waals surface area contributed by atoms with Gasteiger partial charge < -0.3 is 0 Å². The van der Waals surface area contributed by atoms with Gasteiger partial charge in [-0.05, 0) is 104 Å². The molecule has 0 spiro atoms. The standard InChI is InChI=1S/C29H40F2/c1-3-5-6-7-26-18-25-17-16-24(19-27(25)29(31)28(26)30)23-14-12-22(13-15-23)21-10-8-20(4-2)9-11-21/h16-23H,3-15H2,1-2H3. The van der Waals surface area contributed by atoms with Crippen LogP contribution in [0.4, 0.5) is 8.78 Å². The second-order valence-electron chi connectivity index (χ2n) is 10.4. The number of halogens is 2. The van der Waals surface area contributed by atoms with E-state index in [4.69, 9.17) is 0 Å². The maximum absolute atomic E-state index is 14.9. The zero-order valence-electron chi connectivity index (χ0n) is 19.6. The van der Waals surface area contributed by atoms with Crippen LogP contribution >= 0.6 is 0 Å². The van der Waals surface area contributed by atoms with E-state index in [0.717, 1.165) is 42.4 Å². The number of rotatable bonds is 7. The summed E-state index contributed by atoms with van der Waals surface area (Å²) in [6, 6.07) is 8.01. The molecule has 2 heteroatoms. The first-order valence-electron chi connectivity index (χ1n) is 13.0. The van der Waals surface area contributed by atoms with Crippen molar-refractivity contribution >= 4 is 10.8 Å². The van der Waals surface area contributed by atoms with Gasteiger partial charge in [-0.2, -0.15) is 0 Å². The molecule has 0 nitrogen and oxygen atoms in total. The Morgan fingerprint density at radius 3 is 2.10 bits per heavy atom. The van der Waals surface area contributed by atoms with E-state index in [1.54, 1.807) is 0 Å². The van der Waals surface area contributed by atoms with Crippen molar-refractivity contribution in [3.63, 3.8) is 0 Å². The first-order chi connectivity index (χ1) is 15.1. The Kier molecular flexibility index (Phi) is 7.67. The van der Waals surface area contributed by atoms with Gasteiger partial charge in [-0.25, -0.2) is 8.78 Å². The third kappa shape index (κ3) is 5.15. The SMILES string of the molecule is CCCCCc1cc2ccc(C3CCC(C4CCC(CC)CC4)CC3)cc2c(F)c1F. The second-order valence-corrected chi connectivity index (χ2v) is 10.4. The van der Waals surface area contributed by atoms with E-state index in [0.29, 0.717) is 23.3 Å². The largest absolute Gasteiger partial charge is 0.203 e. The van der Waals surface area contributed by atoms with Crippen LogP contribution in [0.15, 0.2) is 24.3 Å². The Morgan fingerprint density at radius 1 is 0.774 bits per heavy atom. The van der Waals surface area contributed by atoms with E-state index in [2.05, 4.69) is 19.9 Å². The summed E-state index contributed by atoms with van der Waals surface area (Å²) in [6.45, 7) is 4.46. The minimum Gasteiger partial charge on any atom is -0.203 e. The molecule has 0 saturated heterocycles. The van der Waals surface area contributed by atoms with E-state index >= 15 is 0 Å². The van der Waals surface area contributed by atoms with E-state index in [1.165, 1.54) is 63.4 Å². The van der Waals surface area contributed by atoms with E-state index < -0.39 is 11.6 Å². The van der Waals surface area contributed by atoms with Crippen molar-refractivity contribution in [2.24, 2.45) is 17.8 Å². The molecule has 2 aromatic rings. The maximum atomic E-state index is 14.9. The first kappa shape index (κ1) is 22.7. The third-order valence-corrected chi connectivity index (χ3v) is 8.55. The molecular weight excluding hydrogens is 386 g/mol. The summed E-state index contributed by atoms with van der Waals surface area (Å²) in [5.74, 6) is 2.00. The number of hydrogen-bond donors (Lipinski definition) is 0. The van der Waals surface area contributed by atoms with Crippen LogP contribution in [0.2, 0.25) is 0 Å². The molecule has 2 saturated carbocycles. The molecule has 0 amide bonds. The predicted molar refractivity (Wildman–Crippen MR) is 128 cm³/mol. The van der Waals surface area contributed by atoms with Gasteiger partial charge in [0.2, 0.25) is 0 Å². The van der Waals surface area contributed by atoms with Crippen molar-refractivity contribution in [3.05, 3.63) is 47.0 Å². The molecule has 0 unspecified atom stereocenters. The molecule has 2 aromatic carbocycles. The van der Waals surface area contributed by atoms with Crippen LogP contribution in [0.3, 0.4) is 0 Å². The Morgan fingerprint density at radius 2 is 1.45 bits per heavy atom. The van der Waals surface area contributed by atoms with Gasteiger partial charge in [-0.3, -0.25) is 0 Å². The van der Waals surface area contributed by atoms with Gasteiger partial charge in [0.15, 0.2) is 11.6 Å². The molecule has 0 N–H and O–H groups in total. The minimum atomic E-state index is -0.646. The Hall–Kier alpha value is -1.44. The highest BCUT2D eigenvalue weighted by Crippen LogP contribution is 2.44. The lowest BCUT2D eigenvalue weighted by atomic mass is 9.68. The van der Waals surface area contributed by atoms with Crippen LogP contribution in [-0.2, 0) is 6.42 Å². The van der Waals surface area contributed by atoms with Crippen LogP contribution in [0.5, 0.6) is 0 Å². The zero-order chi connectivity index (χ0) is 21.8. The molecule has 31 heavy (non-hydrogen) atoms. The molecule has 2 aliphatic carbocycles. The molecule has 170 valence electrons. The Labute approximate surface area is 187 Å². The van der Waals surface area contributed by atoms with Crippen molar-refractivity contribution in [1.82, 2.24) is 0 Å². The lowest BCUT2D eigenvalue weighted by Crippen LogP contribution is -2.25. The quantitative estimate of drug-likeness (QED) is 0.387. The minimum absolute atomic E-state index is 0.467. The normalized spacial score (nSPS) is 27.0. The molecule has 4 rings (SSSR count). The van der Waals surface area contributed by atoms with Gasteiger partial charge in [0.25, 0.3) is 0 Å². The van der Waals surface area contributed by atoms with Crippen LogP contribution in [0.1, 0.15) is 108 Å². The number of unbranched alkanes of at least 4 members (excludes halogenated alkanes) is 2. The second kappa shape index (κ2) is 10.5. The van der Waals surface area contributed by atoms with Crippen molar-refractivity contribution in [3.8, 4) is 0 Å². The first-order valence-corrected chi connectivity index (χ1v) is 13.0. The monoisotopic (exact) mass is 426 g/mol. The number of fused-ring (bicyclic) bond motifs is 1. The van der Waals surface area contributed by atoms with Crippen molar-refractivity contribution in [1.29, 1.82) is 0 Å². The third-order valence-electron chi connectivity index (χ3n) is 8.55. The highest BCUT2D eigenvalue weighted by atomic mass is 19.2. The van der Waals surface area contributed by atoms with Crippen LogP contribution in [0, 0.1) is 29.4 Å². The highest BCUT2D eigenvalue weighted by Gasteiger charge is 2.31. The summed E-state index contributed by atoms with van der Waals surface area (Å²) in [5, 5.41) is 1.31. The fraction of sp³-hybridized carbons (Fsp3) is 0.655. The summed E-state index contributed by atoms with van der Waals surface area (Å²) < 4.78 is 29.6. The smallest absolute Gasteiger partial charge is 0.166 e. The average Bonchev–Trinajstić information content (AvgIpc) is 2.82. The maximum Gasteiger partial charge on any atom is 0.166 e. The van der Waals surface area contributed by atoms with Gasteiger partial charge in [0.1, 0.15) is 0 Å². The van der Waals surface area contributed by atoms with Crippen LogP contribution in [-0.4, -0.2) is 0 Å². The Balaban J connectivity index is 1.42.